The number of non-ortho nitro benzene ring substituents is 1. The van der Waals surface area contributed by atoms with Crippen molar-refractivity contribution in [3.8, 4) is 5.75 Å². The highest BCUT2D eigenvalue weighted by Crippen LogP contribution is 2.26. The first-order chi connectivity index (χ1) is 9.90. The molecule has 1 amide bonds. The first kappa shape index (κ1) is 15.0. The molecule has 2 rings (SSSR count). The number of halogens is 1. The Hall–Kier alpha value is -2.42. The smallest absolute Gasteiger partial charge is 0.407 e. The average molecular weight is 300 g/mol. The van der Waals surface area contributed by atoms with Gasteiger partial charge in [-0.05, 0) is 0 Å². The van der Waals surface area contributed by atoms with Crippen LogP contribution in [-0.4, -0.2) is 51.4 Å². The van der Waals surface area contributed by atoms with Gasteiger partial charge in [0.2, 0.25) is 0 Å². The average Bonchev–Trinajstić information content (AvgIpc) is 2.81. The van der Waals surface area contributed by atoms with Crippen molar-refractivity contribution >= 4 is 11.8 Å². The van der Waals surface area contributed by atoms with Crippen molar-refractivity contribution in [1.29, 1.82) is 0 Å². The highest BCUT2D eigenvalue weighted by molar-refractivity contribution is 5.66. The number of nitro benzene ring substituents is 1. The Morgan fingerprint density at radius 3 is 2.76 bits per heavy atom. The maximum Gasteiger partial charge on any atom is 0.407 e. The number of hydrogen-bond acceptors (Lipinski definition) is 5. The summed E-state index contributed by atoms with van der Waals surface area (Å²) in [6.07, 6.45) is -1.56. The molecule has 1 aliphatic heterocycles. The van der Waals surface area contributed by atoms with E-state index >= 15 is 0 Å². The summed E-state index contributed by atoms with van der Waals surface area (Å²) in [5, 5.41) is 28.7. The third-order valence-corrected chi connectivity index (χ3v) is 3.20. The van der Waals surface area contributed by atoms with Gasteiger partial charge in [0.1, 0.15) is 17.7 Å². The molecule has 2 unspecified atom stereocenters. The maximum atomic E-state index is 13.3. The molecule has 1 aromatic rings. The summed E-state index contributed by atoms with van der Waals surface area (Å²) in [5.74, 6) is -0.860. The van der Waals surface area contributed by atoms with Gasteiger partial charge < -0.3 is 14.9 Å². The number of benzene rings is 1. The van der Waals surface area contributed by atoms with Crippen molar-refractivity contribution in [2.45, 2.75) is 18.6 Å². The molecule has 1 fully saturated rings. The normalized spacial score (nSPS) is 21.3. The molecule has 2 N–H and O–H groups in total. The molecule has 9 heteroatoms. The number of nitrogens with zero attached hydrogens (tertiary/aromatic N) is 2. The molecule has 8 nitrogen and oxygen atoms in total. The molecular formula is C12H13FN2O6. The van der Waals surface area contributed by atoms with Crippen LogP contribution in [0.1, 0.15) is 6.42 Å². The van der Waals surface area contributed by atoms with Gasteiger partial charge in [0.25, 0.3) is 5.69 Å². The minimum absolute atomic E-state index is 0.00483. The second-order valence-corrected chi connectivity index (χ2v) is 4.65. The second-order valence-electron chi connectivity index (χ2n) is 4.65. The fourth-order valence-corrected chi connectivity index (χ4v) is 2.28. The van der Waals surface area contributed by atoms with Crippen LogP contribution in [0.15, 0.2) is 18.2 Å². The summed E-state index contributed by atoms with van der Waals surface area (Å²) in [6, 6.07) is 2.22. The zero-order valence-electron chi connectivity index (χ0n) is 10.8. The lowest BCUT2D eigenvalue weighted by Crippen LogP contribution is -2.36. The minimum atomic E-state index is -1.19. The third kappa shape index (κ3) is 3.37. The molecular weight excluding hydrogens is 287 g/mol. The van der Waals surface area contributed by atoms with Gasteiger partial charge in [0.05, 0.1) is 36.2 Å². The molecule has 0 saturated carbocycles. The molecule has 0 spiro atoms. The molecule has 0 radical (unpaired) electrons. The standard InChI is InChI=1S/C12H13FN2O6/c13-7-1-8(15(19)20)3-10(2-7)21-11-4-9(6-16)14(5-11)12(17)18/h1-3,9,11,16H,4-6H2,(H,17,18). The predicted molar refractivity (Wildman–Crippen MR) is 67.7 cm³/mol. The zero-order valence-corrected chi connectivity index (χ0v) is 10.8. The van der Waals surface area contributed by atoms with Gasteiger partial charge in [-0.3, -0.25) is 15.0 Å². The van der Waals surface area contributed by atoms with Crippen LogP contribution in [0.5, 0.6) is 5.75 Å². The van der Waals surface area contributed by atoms with Crippen LogP contribution in [0.25, 0.3) is 0 Å². The summed E-state index contributed by atoms with van der Waals surface area (Å²) >= 11 is 0. The quantitative estimate of drug-likeness (QED) is 0.638. The van der Waals surface area contributed by atoms with Crippen molar-refractivity contribution in [3.63, 3.8) is 0 Å². The van der Waals surface area contributed by atoms with Gasteiger partial charge in [-0.1, -0.05) is 0 Å². The number of likely N-dealkylation sites (tertiary alicyclic amines) is 1. The Morgan fingerprint density at radius 2 is 2.24 bits per heavy atom. The number of carbonyl (C=O) groups is 1. The van der Waals surface area contributed by atoms with Gasteiger partial charge in [-0.25, -0.2) is 9.18 Å². The van der Waals surface area contributed by atoms with E-state index in [4.69, 9.17) is 14.9 Å². The SMILES string of the molecule is O=C(O)N1CC(Oc2cc(F)cc([N+](=O)[O-])c2)CC1CO. The van der Waals surface area contributed by atoms with Crippen LogP contribution < -0.4 is 4.74 Å². The topological polar surface area (TPSA) is 113 Å². The highest BCUT2D eigenvalue weighted by atomic mass is 19.1. The maximum absolute atomic E-state index is 13.3. The number of aliphatic hydroxyl groups excluding tert-OH is 1. The van der Waals surface area contributed by atoms with E-state index in [1.807, 2.05) is 0 Å². The van der Waals surface area contributed by atoms with E-state index in [1.165, 1.54) is 0 Å². The van der Waals surface area contributed by atoms with E-state index in [2.05, 4.69) is 0 Å². The van der Waals surface area contributed by atoms with Crippen LogP contribution in [0.4, 0.5) is 14.9 Å². The Bertz CT molecular complexity index is 567. The van der Waals surface area contributed by atoms with Crippen molar-refractivity contribution in [2.75, 3.05) is 13.2 Å². The second kappa shape index (κ2) is 5.92. The molecule has 2 atom stereocenters. The minimum Gasteiger partial charge on any atom is -0.488 e. The van der Waals surface area contributed by atoms with E-state index in [9.17, 15) is 19.3 Å². The lowest BCUT2D eigenvalue weighted by atomic mass is 10.2. The number of ether oxygens (including phenoxy) is 1. The van der Waals surface area contributed by atoms with Crippen LogP contribution in [0.3, 0.4) is 0 Å². The van der Waals surface area contributed by atoms with Crippen molar-refractivity contribution in [1.82, 2.24) is 4.90 Å². The summed E-state index contributed by atoms with van der Waals surface area (Å²) in [5.41, 5.74) is -0.447. The number of amides is 1. The number of carboxylic acid groups (broad SMARTS) is 1. The number of hydrogen-bond donors (Lipinski definition) is 2. The zero-order chi connectivity index (χ0) is 15.6. The van der Waals surface area contributed by atoms with E-state index in [0.29, 0.717) is 0 Å². The lowest BCUT2D eigenvalue weighted by Gasteiger charge is -2.18. The van der Waals surface area contributed by atoms with Gasteiger partial charge in [-0.2, -0.15) is 0 Å². The van der Waals surface area contributed by atoms with Gasteiger partial charge in [0.15, 0.2) is 0 Å². The summed E-state index contributed by atoms with van der Waals surface area (Å²) in [7, 11) is 0. The Labute approximate surface area is 118 Å². The summed E-state index contributed by atoms with van der Waals surface area (Å²) < 4.78 is 18.7. The van der Waals surface area contributed by atoms with Gasteiger partial charge >= 0.3 is 6.09 Å². The first-order valence-electron chi connectivity index (χ1n) is 6.12. The van der Waals surface area contributed by atoms with Crippen molar-refractivity contribution in [2.24, 2.45) is 0 Å². The number of aliphatic hydroxyl groups is 1. The molecule has 0 bridgehead atoms. The van der Waals surface area contributed by atoms with Crippen LogP contribution >= 0.6 is 0 Å². The van der Waals surface area contributed by atoms with E-state index in [0.717, 1.165) is 23.1 Å². The molecule has 0 aromatic heterocycles. The molecule has 114 valence electrons. The summed E-state index contributed by atoms with van der Waals surface area (Å²) in [6.45, 7) is -0.347. The lowest BCUT2D eigenvalue weighted by molar-refractivity contribution is -0.385. The Kier molecular flexibility index (Phi) is 4.22. The highest BCUT2D eigenvalue weighted by Gasteiger charge is 2.36. The van der Waals surface area contributed by atoms with Crippen LogP contribution in [0.2, 0.25) is 0 Å². The molecule has 1 heterocycles. The molecule has 1 aromatic carbocycles. The Morgan fingerprint density at radius 1 is 1.52 bits per heavy atom. The Balaban J connectivity index is 2.12. The number of rotatable bonds is 4. The molecule has 1 aliphatic rings. The third-order valence-electron chi connectivity index (χ3n) is 3.20. The monoisotopic (exact) mass is 300 g/mol. The van der Waals surface area contributed by atoms with E-state index in [-0.39, 0.29) is 25.3 Å². The molecule has 1 saturated heterocycles. The molecule has 0 aliphatic carbocycles. The fourth-order valence-electron chi connectivity index (χ4n) is 2.28. The summed E-state index contributed by atoms with van der Waals surface area (Å²) in [4.78, 5) is 21.9. The largest absolute Gasteiger partial charge is 0.488 e. The van der Waals surface area contributed by atoms with Crippen molar-refractivity contribution < 1.29 is 29.1 Å². The first-order valence-corrected chi connectivity index (χ1v) is 6.12. The van der Waals surface area contributed by atoms with E-state index < -0.39 is 34.7 Å². The number of nitro groups is 1. The van der Waals surface area contributed by atoms with Gasteiger partial charge in [-0.15, -0.1) is 0 Å². The van der Waals surface area contributed by atoms with E-state index in [1.54, 1.807) is 0 Å². The van der Waals surface area contributed by atoms with Gasteiger partial charge in [0, 0.05) is 12.5 Å². The van der Waals surface area contributed by atoms with Crippen LogP contribution in [-0.2, 0) is 0 Å². The van der Waals surface area contributed by atoms with Crippen LogP contribution in [0, 0.1) is 15.9 Å². The predicted octanol–water partition coefficient (Wildman–Crippen LogP) is 1.23. The van der Waals surface area contributed by atoms with Crippen molar-refractivity contribution in [3.05, 3.63) is 34.1 Å². The molecule has 21 heavy (non-hydrogen) atoms. The fraction of sp³-hybridized carbons (Fsp3) is 0.417.